The molecule has 0 atom stereocenters. The Bertz CT molecular complexity index is 1050. The number of carbonyl (C=O) groups excluding carboxylic acids is 2. The van der Waals surface area contributed by atoms with Crippen LogP contribution in [0, 0.1) is 0 Å². The van der Waals surface area contributed by atoms with Gasteiger partial charge in [-0.3, -0.25) is 9.59 Å². The molecule has 0 saturated heterocycles. The molecule has 154 valence electrons. The van der Waals surface area contributed by atoms with Crippen molar-refractivity contribution in [2.75, 3.05) is 21.2 Å². The van der Waals surface area contributed by atoms with Crippen LogP contribution in [0.2, 0.25) is 0 Å². The Morgan fingerprint density at radius 3 is 2.45 bits per heavy atom. The van der Waals surface area contributed by atoms with Gasteiger partial charge in [-0.05, 0) is 42.0 Å². The van der Waals surface area contributed by atoms with Gasteiger partial charge in [-0.2, -0.15) is 5.10 Å². The number of hydrazone groups is 1. The van der Waals surface area contributed by atoms with Gasteiger partial charge in [0.05, 0.1) is 18.2 Å². The smallest absolute Gasteiger partial charge is 0.308 e. The summed E-state index contributed by atoms with van der Waals surface area (Å²) in [5.41, 5.74) is 3.07. The van der Waals surface area contributed by atoms with Crippen molar-refractivity contribution in [1.29, 1.82) is 0 Å². The highest BCUT2D eigenvalue weighted by molar-refractivity contribution is 7.89. The molecule has 0 aromatic heterocycles. The first-order chi connectivity index (χ1) is 13.6. The second-order valence-electron chi connectivity index (χ2n) is 6.02. The molecule has 10 heteroatoms. The average Bonchev–Trinajstić information content (AvgIpc) is 2.68. The molecule has 0 heterocycles. The average molecular weight is 419 g/mol. The maximum atomic E-state index is 12.3. The van der Waals surface area contributed by atoms with Crippen molar-refractivity contribution in [2.24, 2.45) is 5.10 Å². The van der Waals surface area contributed by atoms with Gasteiger partial charge in [0.15, 0.2) is 11.5 Å². The number of rotatable bonds is 7. The third-order valence-electron chi connectivity index (χ3n) is 3.70. The van der Waals surface area contributed by atoms with E-state index >= 15 is 0 Å². The highest BCUT2D eigenvalue weighted by atomic mass is 32.2. The number of amides is 1. The van der Waals surface area contributed by atoms with E-state index in [9.17, 15) is 18.0 Å². The number of methoxy groups -OCH3 is 1. The van der Waals surface area contributed by atoms with Gasteiger partial charge in [-0.25, -0.2) is 18.1 Å². The van der Waals surface area contributed by atoms with E-state index in [1.165, 1.54) is 58.6 Å². The Kier molecular flexibility index (Phi) is 7.08. The lowest BCUT2D eigenvalue weighted by atomic mass is 10.2. The third kappa shape index (κ3) is 5.62. The first-order valence-corrected chi connectivity index (χ1v) is 9.81. The molecule has 29 heavy (non-hydrogen) atoms. The Hall–Kier alpha value is -3.24. The van der Waals surface area contributed by atoms with Crippen LogP contribution < -0.4 is 14.9 Å². The van der Waals surface area contributed by atoms with E-state index in [1.807, 2.05) is 0 Å². The lowest BCUT2D eigenvalue weighted by Gasteiger charge is -2.11. The molecule has 0 bridgehead atoms. The third-order valence-corrected chi connectivity index (χ3v) is 5.51. The predicted molar refractivity (Wildman–Crippen MR) is 107 cm³/mol. The molecule has 1 amide bonds. The van der Waals surface area contributed by atoms with E-state index in [2.05, 4.69) is 10.5 Å². The Morgan fingerprint density at radius 2 is 1.83 bits per heavy atom. The van der Waals surface area contributed by atoms with Gasteiger partial charge in [0.1, 0.15) is 0 Å². The SMILES string of the molecule is COc1cc(/C=N\NC(=O)c2cccc(S(=O)(=O)N(C)C)c2)ccc1OC(C)=O. The number of hydrogen-bond acceptors (Lipinski definition) is 7. The summed E-state index contributed by atoms with van der Waals surface area (Å²) in [7, 11) is 0.599. The predicted octanol–water partition coefficient (Wildman–Crippen LogP) is 1.63. The van der Waals surface area contributed by atoms with Crippen molar-refractivity contribution in [2.45, 2.75) is 11.8 Å². The van der Waals surface area contributed by atoms with Crippen molar-refractivity contribution in [3.63, 3.8) is 0 Å². The summed E-state index contributed by atoms with van der Waals surface area (Å²) >= 11 is 0. The second-order valence-corrected chi connectivity index (χ2v) is 8.17. The number of benzene rings is 2. The number of nitrogens with zero attached hydrogens (tertiary/aromatic N) is 2. The molecule has 2 aromatic carbocycles. The fourth-order valence-electron chi connectivity index (χ4n) is 2.24. The summed E-state index contributed by atoms with van der Waals surface area (Å²) in [4.78, 5) is 23.4. The molecular weight excluding hydrogens is 398 g/mol. The number of esters is 1. The van der Waals surface area contributed by atoms with Crippen molar-refractivity contribution >= 4 is 28.1 Å². The minimum atomic E-state index is -3.65. The van der Waals surface area contributed by atoms with Crippen LogP contribution >= 0.6 is 0 Å². The quantitative estimate of drug-likeness (QED) is 0.316. The van der Waals surface area contributed by atoms with Crippen molar-refractivity contribution in [1.82, 2.24) is 9.73 Å². The van der Waals surface area contributed by atoms with Crippen LogP contribution in [0.25, 0.3) is 0 Å². The van der Waals surface area contributed by atoms with Crippen LogP contribution in [0.4, 0.5) is 0 Å². The first kappa shape index (κ1) is 22.1. The van der Waals surface area contributed by atoms with Crippen molar-refractivity contribution in [3.05, 3.63) is 53.6 Å². The maximum absolute atomic E-state index is 12.3. The minimum absolute atomic E-state index is 0.00456. The van der Waals surface area contributed by atoms with Gasteiger partial charge in [-0.15, -0.1) is 0 Å². The van der Waals surface area contributed by atoms with Crippen LogP contribution in [-0.2, 0) is 14.8 Å². The number of ether oxygens (including phenoxy) is 2. The summed E-state index contributed by atoms with van der Waals surface area (Å²) in [6.07, 6.45) is 1.37. The van der Waals surface area contributed by atoms with Gasteiger partial charge >= 0.3 is 5.97 Å². The molecule has 0 aliphatic rings. The number of nitrogens with one attached hydrogen (secondary N) is 1. The molecule has 1 N–H and O–H groups in total. The normalized spacial score (nSPS) is 11.5. The summed E-state index contributed by atoms with van der Waals surface area (Å²) in [6, 6.07) is 10.4. The Labute approximate surface area is 169 Å². The van der Waals surface area contributed by atoms with Crippen LogP contribution in [0.5, 0.6) is 11.5 Å². The maximum Gasteiger partial charge on any atom is 0.308 e. The van der Waals surface area contributed by atoms with E-state index in [4.69, 9.17) is 9.47 Å². The van der Waals surface area contributed by atoms with Gasteiger partial charge in [0.2, 0.25) is 10.0 Å². The molecule has 2 rings (SSSR count). The number of sulfonamides is 1. The van der Waals surface area contributed by atoms with Gasteiger partial charge < -0.3 is 9.47 Å². The van der Waals surface area contributed by atoms with E-state index in [0.717, 1.165) is 4.31 Å². The molecule has 0 aliphatic heterocycles. The largest absolute Gasteiger partial charge is 0.493 e. The summed E-state index contributed by atoms with van der Waals surface area (Å²) in [6.45, 7) is 1.28. The molecule has 0 spiro atoms. The highest BCUT2D eigenvalue weighted by Gasteiger charge is 2.18. The molecule has 9 nitrogen and oxygen atoms in total. The fourth-order valence-corrected chi connectivity index (χ4v) is 3.19. The van der Waals surface area contributed by atoms with E-state index in [-0.39, 0.29) is 16.2 Å². The van der Waals surface area contributed by atoms with Gasteiger partial charge in [0, 0.05) is 26.6 Å². The summed E-state index contributed by atoms with van der Waals surface area (Å²) in [5.74, 6) is -0.451. The zero-order chi connectivity index (χ0) is 21.6. The number of carbonyl (C=O) groups is 2. The highest BCUT2D eigenvalue weighted by Crippen LogP contribution is 2.27. The van der Waals surface area contributed by atoms with Crippen LogP contribution in [0.3, 0.4) is 0 Å². The minimum Gasteiger partial charge on any atom is -0.493 e. The zero-order valence-electron chi connectivity index (χ0n) is 16.4. The lowest BCUT2D eigenvalue weighted by molar-refractivity contribution is -0.132. The monoisotopic (exact) mass is 419 g/mol. The molecule has 0 aliphatic carbocycles. The molecule has 0 unspecified atom stereocenters. The summed E-state index contributed by atoms with van der Waals surface area (Å²) in [5, 5.41) is 3.86. The van der Waals surface area contributed by atoms with E-state index in [0.29, 0.717) is 11.3 Å². The molecule has 0 fully saturated rings. The molecule has 0 radical (unpaired) electrons. The molecule has 2 aromatic rings. The summed E-state index contributed by atoms with van der Waals surface area (Å²) < 4.78 is 35.6. The Balaban J connectivity index is 2.13. The molecule has 0 saturated carbocycles. The first-order valence-electron chi connectivity index (χ1n) is 8.37. The zero-order valence-corrected chi connectivity index (χ0v) is 17.2. The molecular formula is C19H21N3O6S. The second kappa shape index (κ2) is 9.30. The van der Waals surface area contributed by atoms with Gasteiger partial charge in [0.25, 0.3) is 5.91 Å². The standard InChI is InChI=1S/C19H21N3O6S/c1-13(23)28-17-9-8-14(10-18(17)27-4)12-20-21-19(24)15-6-5-7-16(11-15)29(25,26)22(2)3/h5-12H,1-4H3,(H,21,24)/b20-12-. The van der Waals surface area contributed by atoms with E-state index in [1.54, 1.807) is 18.2 Å². The van der Waals surface area contributed by atoms with Crippen molar-refractivity contribution < 1.29 is 27.5 Å². The van der Waals surface area contributed by atoms with Gasteiger partial charge in [-0.1, -0.05) is 6.07 Å². The Morgan fingerprint density at radius 1 is 1.10 bits per heavy atom. The van der Waals surface area contributed by atoms with Crippen molar-refractivity contribution in [3.8, 4) is 11.5 Å². The van der Waals surface area contributed by atoms with Crippen LogP contribution in [0.1, 0.15) is 22.8 Å². The number of hydrogen-bond donors (Lipinski definition) is 1. The van der Waals surface area contributed by atoms with Crippen LogP contribution in [-0.4, -0.2) is 52.0 Å². The van der Waals surface area contributed by atoms with Crippen LogP contribution in [0.15, 0.2) is 52.5 Å². The lowest BCUT2D eigenvalue weighted by Crippen LogP contribution is -2.23. The fraction of sp³-hybridized carbons (Fsp3) is 0.211. The van der Waals surface area contributed by atoms with E-state index < -0.39 is 21.9 Å². The topological polar surface area (TPSA) is 114 Å².